The molecule has 0 spiro atoms. The Hall–Kier alpha value is -1.27. The van der Waals surface area contributed by atoms with Crippen LogP contribution in [-0.4, -0.2) is 46.3 Å². The third-order valence-electron chi connectivity index (χ3n) is 3.74. The number of piperazine rings is 1. The number of nitrogens with one attached hydrogen (secondary N) is 1. The van der Waals surface area contributed by atoms with Crippen LogP contribution in [0.5, 0.6) is 0 Å². The lowest BCUT2D eigenvalue weighted by atomic mass is 10.2. The van der Waals surface area contributed by atoms with Gasteiger partial charge >= 0.3 is 0 Å². The van der Waals surface area contributed by atoms with Crippen molar-refractivity contribution in [3.8, 4) is 5.69 Å². The molecule has 0 unspecified atom stereocenters. The molecule has 0 saturated carbocycles. The van der Waals surface area contributed by atoms with Gasteiger partial charge in [-0.25, -0.2) is 4.68 Å². The lowest BCUT2D eigenvalue weighted by Gasteiger charge is -2.33. The Balaban J connectivity index is 0.00000192. The van der Waals surface area contributed by atoms with E-state index >= 15 is 0 Å². The van der Waals surface area contributed by atoms with Crippen LogP contribution < -0.4 is 5.32 Å². The smallest absolute Gasteiger partial charge is 0.274 e. The van der Waals surface area contributed by atoms with Gasteiger partial charge in [0.2, 0.25) is 0 Å². The van der Waals surface area contributed by atoms with Crippen molar-refractivity contribution in [2.24, 2.45) is 0 Å². The van der Waals surface area contributed by atoms with Crippen molar-refractivity contribution in [3.05, 3.63) is 46.2 Å². The first-order chi connectivity index (χ1) is 10.6. The second-order valence-corrected chi connectivity index (χ2v) is 6.11. The van der Waals surface area contributed by atoms with E-state index in [2.05, 4.69) is 10.4 Å². The molecule has 1 amide bonds. The van der Waals surface area contributed by atoms with Gasteiger partial charge < -0.3 is 10.2 Å². The van der Waals surface area contributed by atoms with Gasteiger partial charge in [0.25, 0.3) is 5.91 Å². The standard InChI is InChI=1S/C15H16Cl2N4O.ClH/c1-10-9-18-5-7-20(10)15(22)14-4-6-21(19-14)11-2-3-12(16)13(17)8-11;/h2-4,6,8,10,18H,5,7,9H2,1H3;1H/t10-;/m0./s1. The maximum absolute atomic E-state index is 12.6. The molecule has 1 aliphatic rings. The molecule has 1 atom stereocenters. The number of hydrogen-bond acceptors (Lipinski definition) is 3. The van der Waals surface area contributed by atoms with Crippen LogP contribution in [0, 0.1) is 0 Å². The minimum Gasteiger partial charge on any atom is -0.332 e. The van der Waals surface area contributed by atoms with Gasteiger partial charge in [-0.1, -0.05) is 23.2 Å². The SMILES string of the molecule is C[C@H]1CNCCN1C(=O)c1ccn(-c2ccc(Cl)c(Cl)c2)n1.Cl. The number of hydrogen-bond donors (Lipinski definition) is 1. The van der Waals surface area contributed by atoms with E-state index in [9.17, 15) is 4.79 Å². The Bertz CT molecular complexity index is 704. The Morgan fingerprint density at radius 1 is 1.30 bits per heavy atom. The molecule has 2 aromatic rings. The highest BCUT2D eigenvalue weighted by Crippen LogP contribution is 2.24. The third kappa shape index (κ3) is 3.80. The molecule has 124 valence electrons. The molecular formula is C15H17Cl3N4O. The van der Waals surface area contributed by atoms with Crippen LogP contribution in [0.4, 0.5) is 0 Å². The fourth-order valence-electron chi connectivity index (χ4n) is 2.50. The molecule has 1 N–H and O–H groups in total. The van der Waals surface area contributed by atoms with Crippen LogP contribution in [0.3, 0.4) is 0 Å². The normalized spacial score (nSPS) is 17.7. The number of carbonyl (C=O) groups excluding carboxylic acids is 1. The van der Waals surface area contributed by atoms with Gasteiger partial charge in [-0.3, -0.25) is 4.79 Å². The zero-order valence-electron chi connectivity index (χ0n) is 12.5. The Morgan fingerprint density at radius 3 is 2.78 bits per heavy atom. The summed E-state index contributed by atoms with van der Waals surface area (Å²) in [4.78, 5) is 14.4. The van der Waals surface area contributed by atoms with Crippen molar-refractivity contribution in [3.63, 3.8) is 0 Å². The maximum Gasteiger partial charge on any atom is 0.274 e. The summed E-state index contributed by atoms with van der Waals surface area (Å²) >= 11 is 11.9. The molecule has 1 aromatic heterocycles. The Morgan fingerprint density at radius 2 is 2.09 bits per heavy atom. The first-order valence-corrected chi connectivity index (χ1v) is 7.84. The van der Waals surface area contributed by atoms with Gasteiger partial charge in [0, 0.05) is 31.9 Å². The highest BCUT2D eigenvalue weighted by molar-refractivity contribution is 6.42. The lowest BCUT2D eigenvalue weighted by Crippen LogP contribution is -2.52. The van der Waals surface area contributed by atoms with E-state index in [4.69, 9.17) is 23.2 Å². The minimum atomic E-state index is -0.0483. The highest BCUT2D eigenvalue weighted by atomic mass is 35.5. The second-order valence-electron chi connectivity index (χ2n) is 5.30. The molecule has 1 aromatic carbocycles. The number of aromatic nitrogens is 2. The predicted molar refractivity (Wildman–Crippen MR) is 94.2 cm³/mol. The summed E-state index contributed by atoms with van der Waals surface area (Å²) in [7, 11) is 0. The summed E-state index contributed by atoms with van der Waals surface area (Å²) in [6.45, 7) is 4.34. The summed E-state index contributed by atoms with van der Waals surface area (Å²) in [5.41, 5.74) is 1.20. The number of rotatable bonds is 2. The quantitative estimate of drug-likeness (QED) is 0.878. The number of benzene rings is 1. The van der Waals surface area contributed by atoms with E-state index in [0.29, 0.717) is 22.3 Å². The minimum absolute atomic E-state index is 0. The van der Waals surface area contributed by atoms with Gasteiger partial charge in [0.15, 0.2) is 5.69 Å². The predicted octanol–water partition coefficient (Wildman–Crippen LogP) is 3.03. The van der Waals surface area contributed by atoms with Crippen molar-refractivity contribution in [2.75, 3.05) is 19.6 Å². The summed E-state index contributed by atoms with van der Waals surface area (Å²) in [5.74, 6) is -0.0483. The van der Waals surface area contributed by atoms with Crippen molar-refractivity contribution < 1.29 is 4.79 Å². The fourth-order valence-corrected chi connectivity index (χ4v) is 2.79. The molecule has 0 radical (unpaired) electrons. The largest absolute Gasteiger partial charge is 0.332 e. The monoisotopic (exact) mass is 374 g/mol. The number of nitrogens with zero attached hydrogens (tertiary/aromatic N) is 3. The number of carbonyl (C=O) groups is 1. The lowest BCUT2D eigenvalue weighted by molar-refractivity contribution is 0.0649. The summed E-state index contributed by atoms with van der Waals surface area (Å²) in [6.07, 6.45) is 1.75. The van der Waals surface area contributed by atoms with Crippen LogP contribution in [-0.2, 0) is 0 Å². The zero-order valence-corrected chi connectivity index (χ0v) is 14.8. The van der Waals surface area contributed by atoms with Crippen LogP contribution in [0.15, 0.2) is 30.5 Å². The first-order valence-electron chi connectivity index (χ1n) is 7.09. The van der Waals surface area contributed by atoms with Crippen molar-refractivity contribution in [1.29, 1.82) is 0 Å². The van der Waals surface area contributed by atoms with Crippen LogP contribution in [0.1, 0.15) is 17.4 Å². The van der Waals surface area contributed by atoms with E-state index in [1.54, 1.807) is 29.1 Å². The van der Waals surface area contributed by atoms with Gasteiger partial charge in [0.1, 0.15) is 0 Å². The second kappa shape index (κ2) is 7.53. The first kappa shape index (κ1) is 18.1. The molecule has 0 aliphatic carbocycles. The van der Waals surface area contributed by atoms with E-state index in [1.807, 2.05) is 17.9 Å². The van der Waals surface area contributed by atoms with E-state index in [1.165, 1.54) is 0 Å². The molecule has 1 aliphatic heterocycles. The molecule has 2 heterocycles. The van der Waals surface area contributed by atoms with Crippen LogP contribution in [0.2, 0.25) is 10.0 Å². The molecule has 5 nitrogen and oxygen atoms in total. The highest BCUT2D eigenvalue weighted by Gasteiger charge is 2.25. The summed E-state index contributed by atoms with van der Waals surface area (Å²) < 4.78 is 1.63. The van der Waals surface area contributed by atoms with Crippen molar-refractivity contribution in [1.82, 2.24) is 20.0 Å². The molecule has 3 rings (SSSR count). The Labute approximate surface area is 151 Å². The fraction of sp³-hybridized carbons (Fsp3) is 0.333. The van der Waals surface area contributed by atoms with Crippen molar-refractivity contribution >= 4 is 41.5 Å². The molecule has 23 heavy (non-hydrogen) atoms. The molecule has 1 saturated heterocycles. The average Bonchev–Trinajstić information content (AvgIpc) is 3.00. The topological polar surface area (TPSA) is 50.2 Å². The molecule has 8 heteroatoms. The van der Waals surface area contributed by atoms with Gasteiger partial charge in [-0.2, -0.15) is 5.10 Å². The maximum atomic E-state index is 12.6. The van der Waals surface area contributed by atoms with Crippen molar-refractivity contribution in [2.45, 2.75) is 13.0 Å². The molecule has 0 bridgehead atoms. The van der Waals surface area contributed by atoms with E-state index in [-0.39, 0.29) is 24.4 Å². The summed E-state index contributed by atoms with van der Waals surface area (Å²) in [5, 5.41) is 8.58. The summed E-state index contributed by atoms with van der Waals surface area (Å²) in [6, 6.07) is 7.12. The van der Waals surface area contributed by atoms with Gasteiger partial charge in [0.05, 0.1) is 15.7 Å². The number of amides is 1. The molecule has 1 fully saturated rings. The van der Waals surface area contributed by atoms with Gasteiger partial charge in [-0.05, 0) is 31.2 Å². The number of halogens is 3. The average molecular weight is 376 g/mol. The van der Waals surface area contributed by atoms with Gasteiger partial charge in [-0.15, -0.1) is 12.4 Å². The van der Waals surface area contributed by atoms with E-state index < -0.39 is 0 Å². The van der Waals surface area contributed by atoms with E-state index in [0.717, 1.165) is 18.8 Å². The molecular weight excluding hydrogens is 359 g/mol. The van der Waals surface area contributed by atoms with Crippen LogP contribution >= 0.6 is 35.6 Å². The third-order valence-corrected chi connectivity index (χ3v) is 4.48. The van der Waals surface area contributed by atoms with Crippen LogP contribution in [0.25, 0.3) is 5.69 Å². The zero-order chi connectivity index (χ0) is 15.7. The Kier molecular flexibility index (Phi) is 5.92.